The van der Waals surface area contributed by atoms with Crippen LogP contribution >= 0.6 is 24.0 Å². The van der Waals surface area contributed by atoms with Gasteiger partial charge >= 0.3 is 0 Å². The first kappa shape index (κ1) is 19.3. The normalized spacial score (nSPS) is 10.8. The van der Waals surface area contributed by atoms with E-state index in [0.29, 0.717) is 19.1 Å². The second-order valence-corrected chi connectivity index (χ2v) is 5.06. The standard InChI is InChI=1S/C18H23N3O.HI/c1-3-15-8-10-16(11-9-15)21-18(19)20-12-13-22-17-7-5-4-6-14(17)2;/h4-11H,3,12-13H2,1-2H3,(H3,19,20,21);1H. The van der Waals surface area contributed by atoms with Crippen LogP contribution in [0.4, 0.5) is 5.69 Å². The van der Waals surface area contributed by atoms with Gasteiger partial charge in [0.05, 0.1) is 6.54 Å². The number of anilines is 1. The maximum atomic E-state index is 5.87. The number of nitrogens with one attached hydrogen (secondary N) is 1. The van der Waals surface area contributed by atoms with E-state index in [0.717, 1.165) is 23.4 Å². The van der Waals surface area contributed by atoms with E-state index in [1.54, 1.807) is 0 Å². The molecule has 0 atom stereocenters. The van der Waals surface area contributed by atoms with Gasteiger partial charge in [-0.15, -0.1) is 24.0 Å². The summed E-state index contributed by atoms with van der Waals surface area (Å²) in [5.41, 5.74) is 9.23. The first-order valence-electron chi connectivity index (χ1n) is 7.53. The second kappa shape index (κ2) is 10.1. The Morgan fingerprint density at radius 1 is 1.13 bits per heavy atom. The number of hydrogen-bond acceptors (Lipinski definition) is 2. The molecule has 0 amide bonds. The predicted octanol–water partition coefficient (Wildman–Crippen LogP) is 3.98. The van der Waals surface area contributed by atoms with Crippen molar-refractivity contribution in [1.29, 1.82) is 0 Å². The van der Waals surface area contributed by atoms with E-state index in [-0.39, 0.29) is 24.0 Å². The molecule has 0 fully saturated rings. The quantitative estimate of drug-likeness (QED) is 0.319. The van der Waals surface area contributed by atoms with Crippen molar-refractivity contribution in [2.45, 2.75) is 20.3 Å². The molecule has 0 saturated heterocycles. The van der Waals surface area contributed by atoms with Gasteiger partial charge in [0, 0.05) is 5.69 Å². The molecule has 124 valence electrons. The molecule has 5 heteroatoms. The minimum absolute atomic E-state index is 0. The number of benzene rings is 2. The fourth-order valence-corrected chi connectivity index (χ4v) is 2.05. The number of nitrogens with two attached hydrogens (primary N) is 1. The maximum Gasteiger partial charge on any atom is 0.193 e. The molecule has 0 aromatic heterocycles. The fraction of sp³-hybridized carbons (Fsp3) is 0.278. The van der Waals surface area contributed by atoms with Crippen LogP contribution in [0, 0.1) is 6.92 Å². The molecule has 23 heavy (non-hydrogen) atoms. The predicted molar refractivity (Wildman–Crippen MR) is 108 cm³/mol. The Bertz CT molecular complexity index is 626. The molecule has 0 aliphatic rings. The van der Waals surface area contributed by atoms with Crippen molar-refractivity contribution < 1.29 is 4.74 Å². The van der Waals surface area contributed by atoms with Crippen LogP contribution in [0.3, 0.4) is 0 Å². The Balaban J connectivity index is 0.00000264. The van der Waals surface area contributed by atoms with Gasteiger partial charge in [-0.3, -0.25) is 0 Å². The molecule has 0 unspecified atom stereocenters. The summed E-state index contributed by atoms with van der Waals surface area (Å²) >= 11 is 0. The number of halogens is 1. The highest BCUT2D eigenvalue weighted by atomic mass is 127. The summed E-state index contributed by atoms with van der Waals surface area (Å²) in [6.45, 7) is 5.17. The second-order valence-electron chi connectivity index (χ2n) is 5.06. The zero-order valence-corrected chi connectivity index (χ0v) is 15.9. The lowest BCUT2D eigenvalue weighted by Gasteiger charge is -2.08. The van der Waals surface area contributed by atoms with Crippen molar-refractivity contribution >= 4 is 35.6 Å². The number of aryl methyl sites for hydroxylation is 2. The number of para-hydroxylation sites is 1. The van der Waals surface area contributed by atoms with Gasteiger partial charge in [0.25, 0.3) is 0 Å². The number of ether oxygens (including phenoxy) is 1. The van der Waals surface area contributed by atoms with Gasteiger partial charge in [0.1, 0.15) is 12.4 Å². The van der Waals surface area contributed by atoms with Crippen LogP contribution in [-0.4, -0.2) is 19.1 Å². The van der Waals surface area contributed by atoms with Crippen molar-refractivity contribution in [3.05, 3.63) is 59.7 Å². The van der Waals surface area contributed by atoms with E-state index in [2.05, 4.69) is 29.4 Å². The van der Waals surface area contributed by atoms with Crippen LogP contribution in [0.15, 0.2) is 53.5 Å². The average Bonchev–Trinajstić information content (AvgIpc) is 2.54. The maximum absolute atomic E-state index is 5.87. The van der Waals surface area contributed by atoms with Crippen LogP contribution in [0.2, 0.25) is 0 Å². The number of aliphatic imine (C=N–C) groups is 1. The summed E-state index contributed by atoms with van der Waals surface area (Å²) in [6, 6.07) is 16.1. The van der Waals surface area contributed by atoms with Crippen molar-refractivity contribution in [1.82, 2.24) is 0 Å². The van der Waals surface area contributed by atoms with Gasteiger partial charge in [0.15, 0.2) is 5.96 Å². The van der Waals surface area contributed by atoms with Gasteiger partial charge in [-0.2, -0.15) is 0 Å². The topological polar surface area (TPSA) is 59.6 Å². The van der Waals surface area contributed by atoms with Gasteiger partial charge < -0.3 is 15.8 Å². The Morgan fingerprint density at radius 2 is 1.83 bits per heavy atom. The van der Waals surface area contributed by atoms with Gasteiger partial charge in [-0.05, 0) is 42.7 Å². The highest BCUT2D eigenvalue weighted by molar-refractivity contribution is 14.0. The van der Waals surface area contributed by atoms with Gasteiger partial charge in [-0.25, -0.2) is 4.99 Å². The Morgan fingerprint density at radius 3 is 2.48 bits per heavy atom. The first-order valence-corrected chi connectivity index (χ1v) is 7.53. The third kappa shape index (κ3) is 6.48. The zero-order valence-electron chi connectivity index (χ0n) is 13.6. The third-order valence-electron chi connectivity index (χ3n) is 3.36. The van der Waals surface area contributed by atoms with Crippen LogP contribution in [0.25, 0.3) is 0 Å². The van der Waals surface area contributed by atoms with E-state index in [1.165, 1.54) is 5.56 Å². The third-order valence-corrected chi connectivity index (χ3v) is 3.36. The summed E-state index contributed by atoms with van der Waals surface area (Å²) in [5, 5.41) is 3.08. The molecule has 0 aliphatic carbocycles. The lowest BCUT2D eigenvalue weighted by molar-refractivity contribution is 0.326. The van der Waals surface area contributed by atoms with Gasteiger partial charge in [-0.1, -0.05) is 37.3 Å². The molecule has 4 nitrogen and oxygen atoms in total. The van der Waals surface area contributed by atoms with Crippen molar-refractivity contribution in [3.63, 3.8) is 0 Å². The molecular weight excluding hydrogens is 401 g/mol. The van der Waals surface area contributed by atoms with Crippen LogP contribution in [0.1, 0.15) is 18.1 Å². The van der Waals surface area contributed by atoms with Crippen molar-refractivity contribution in [2.75, 3.05) is 18.5 Å². The number of guanidine groups is 1. The number of nitrogens with zero attached hydrogens (tertiary/aromatic N) is 1. The van der Waals surface area contributed by atoms with Crippen LogP contribution in [0.5, 0.6) is 5.75 Å². The molecule has 0 heterocycles. The minimum atomic E-state index is 0. The Hall–Kier alpha value is -1.76. The first-order chi connectivity index (χ1) is 10.7. The largest absolute Gasteiger partial charge is 0.491 e. The molecule has 0 saturated carbocycles. The van der Waals surface area contributed by atoms with E-state index in [9.17, 15) is 0 Å². The Kier molecular flexibility index (Phi) is 8.47. The molecule has 2 aromatic rings. The molecule has 0 aliphatic heterocycles. The molecule has 2 aromatic carbocycles. The lowest BCUT2D eigenvalue weighted by Crippen LogP contribution is -2.23. The summed E-state index contributed by atoms with van der Waals surface area (Å²) in [6.07, 6.45) is 1.03. The summed E-state index contributed by atoms with van der Waals surface area (Å²) in [7, 11) is 0. The molecule has 0 bridgehead atoms. The highest BCUT2D eigenvalue weighted by Gasteiger charge is 1.98. The fourth-order valence-electron chi connectivity index (χ4n) is 2.05. The van der Waals surface area contributed by atoms with Crippen molar-refractivity contribution in [3.8, 4) is 5.75 Å². The highest BCUT2D eigenvalue weighted by Crippen LogP contribution is 2.15. The number of hydrogen-bond donors (Lipinski definition) is 2. The van der Waals surface area contributed by atoms with Crippen LogP contribution < -0.4 is 15.8 Å². The minimum Gasteiger partial charge on any atom is -0.491 e. The summed E-state index contributed by atoms with van der Waals surface area (Å²) < 4.78 is 5.68. The van der Waals surface area contributed by atoms with E-state index in [4.69, 9.17) is 10.5 Å². The van der Waals surface area contributed by atoms with Gasteiger partial charge in [0.2, 0.25) is 0 Å². The van der Waals surface area contributed by atoms with Crippen molar-refractivity contribution in [2.24, 2.45) is 10.7 Å². The summed E-state index contributed by atoms with van der Waals surface area (Å²) in [5.74, 6) is 1.29. The Labute approximate surface area is 155 Å². The lowest BCUT2D eigenvalue weighted by atomic mass is 10.1. The number of rotatable bonds is 6. The van der Waals surface area contributed by atoms with Crippen LogP contribution in [-0.2, 0) is 6.42 Å². The molecule has 0 radical (unpaired) electrons. The zero-order chi connectivity index (χ0) is 15.8. The monoisotopic (exact) mass is 425 g/mol. The van der Waals surface area contributed by atoms with E-state index >= 15 is 0 Å². The van der Waals surface area contributed by atoms with E-state index < -0.39 is 0 Å². The smallest absolute Gasteiger partial charge is 0.193 e. The molecule has 2 rings (SSSR count). The van der Waals surface area contributed by atoms with E-state index in [1.807, 2.05) is 43.3 Å². The average molecular weight is 425 g/mol. The SMILES string of the molecule is CCc1ccc(NC(N)=NCCOc2ccccc2C)cc1.I. The molecule has 3 N–H and O–H groups in total. The molecule has 0 spiro atoms. The molecular formula is C18H24IN3O. The summed E-state index contributed by atoms with van der Waals surface area (Å²) in [4.78, 5) is 4.27.